The largest absolute Gasteiger partial charge is 0.336 e. The monoisotopic (exact) mass is 143 g/mol. The molecule has 0 radical (unpaired) electrons. The van der Waals surface area contributed by atoms with Gasteiger partial charge in [-0.25, -0.2) is 0 Å². The van der Waals surface area contributed by atoms with Crippen LogP contribution in [0.5, 0.6) is 0 Å². The number of hydrogen-bond donors (Lipinski definition) is 0. The van der Waals surface area contributed by atoms with E-state index in [0.29, 0.717) is 5.04 Å². The van der Waals surface area contributed by atoms with Crippen LogP contribution in [0.2, 0.25) is 18.1 Å². The van der Waals surface area contributed by atoms with Gasteiger partial charge in [-0.3, -0.25) is 0 Å². The van der Waals surface area contributed by atoms with Crippen molar-refractivity contribution in [3.05, 3.63) is 0 Å². The summed E-state index contributed by atoms with van der Waals surface area (Å²) in [5.74, 6) is 0. The van der Waals surface area contributed by atoms with Crippen molar-refractivity contribution < 1.29 is 0 Å². The SMILES string of the molecule is C=N[Si](C)(C)C(C)(C)C. The minimum absolute atomic E-state index is 0.356. The molecule has 54 valence electrons. The van der Waals surface area contributed by atoms with Gasteiger partial charge in [0.25, 0.3) is 0 Å². The van der Waals surface area contributed by atoms with Crippen molar-refractivity contribution in [2.45, 2.75) is 38.9 Å². The molecule has 0 fully saturated rings. The minimum atomic E-state index is -1.36. The van der Waals surface area contributed by atoms with Crippen LogP contribution in [0.15, 0.2) is 4.66 Å². The number of nitrogens with zero attached hydrogens (tertiary/aromatic N) is 1. The molecule has 9 heavy (non-hydrogen) atoms. The molecule has 0 heterocycles. The lowest BCUT2D eigenvalue weighted by atomic mass is 10.2. The summed E-state index contributed by atoms with van der Waals surface area (Å²) in [4.78, 5) is 0. The van der Waals surface area contributed by atoms with Crippen molar-refractivity contribution in [3.8, 4) is 0 Å². The van der Waals surface area contributed by atoms with Gasteiger partial charge >= 0.3 is 0 Å². The topological polar surface area (TPSA) is 12.4 Å². The second-order valence-corrected chi connectivity index (χ2v) is 8.90. The van der Waals surface area contributed by atoms with E-state index < -0.39 is 8.24 Å². The molecule has 0 aliphatic carbocycles. The molecule has 0 aromatic carbocycles. The molecule has 0 unspecified atom stereocenters. The van der Waals surface area contributed by atoms with Gasteiger partial charge in [-0.05, 0) is 24.8 Å². The van der Waals surface area contributed by atoms with Gasteiger partial charge in [-0.1, -0.05) is 20.8 Å². The fourth-order valence-electron chi connectivity index (χ4n) is 0.237. The number of rotatable bonds is 1. The van der Waals surface area contributed by atoms with E-state index in [9.17, 15) is 0 Å². The summed E-state index contributed by atoms with van der Waals surface area (Å²) in [6.07, 6.45) is 0. The summed E-state index contributed by atoms with van der Waals surface area (Å²) in [7, 11) is -1.36. The first-order valence-corrected chi connectivity index (χ1v) is 6.24. The Morgan fingerprint density at radius 1 is 1.22 bits per heavy atom. The molecule has 0 saturated heterocycles. The van der Waals surface area contributed by atoms with Crippen molar-refractivity contribution in [2.75, 3.05) is 0 Å². The van der Waals surface area contributed by atoms with E-state index in [1.165, 1.54) is 0 Å². The van der Waals surface area contributed by atoms with Crippen molar-refractivity contribution in [3.63, 3.8) is 0 Å². The van der Waals surface area contributed by atoms with Gasteiger partial charge in [0.2, 0.25) is 0 Å². The van der Waals surface area contributed by atoms with Crippen molar-refractivity contribution in [1.82, 2.24) is 0 Å². The lowest BCUT2D eigenvalue weighted by Crippen LogP contribution is -2.34. The molecule has 0 aromatic rings. The zero-order valence-electron chi connectivity index (χ0n) is 7.15. The Hall–Kier alpha value is -0.113. The highest BCUT2D eigenvalue weighted by Gasteiger charge is 2.34. The van der Waals surface area contributed by atoms with Crippen LogP contribution in [0, 0.1) is 0 Å². The molecule has 0 amide bonds. The van der Waals surface area contributed by atoms with Crippen LogP contribution in [0.1, 0.15) is 20.8 Å². The maximum absolute atomic E-state index is 4.18. The van der Waals surface area contributed by atoms with Gasteiger partial charge in [-0.15, -0.1) is 0 Å². The first kappa shape index (κ1) is 8.89. The van der Waals surface area contributed by atoms with E-state index in [1.54, 1.807) is 0 Å². The summed E-state index contributed by atoms with van der Waals surface area (Å²) < 4.78 is 4.18. The fourth-order valence-corrected chi connectivity index (χ4v) is 0.712. The molecule has 2 heteroatoms. The second kappa shape index (κ2) is 2.25. The minimum Gasteiger partial charge on any atom is -0.336 e. The van der Waals surface area contributed by atoms with Gasteiger partial charge < -0.3 is 4.66 Å². The standard InChI is InChI=1S/C7H17NSi/c1-7(2,3)9(5,6)8-4/h4H2,1-3,5-6H3. The summed E-state index contributed by atoms with van der Waals surface area (Å²) in [5, 5.41) is 0.356. The predicted molar refractivity (Wildman–Crippen MR) is 46.7 cm³/mol. The van der Waals surface area contributed by atoms with Crippen LogP contribution in [0.3, 0.4) is 0 Å². The van der Waals surface area contributed by atoms with E-state index in [-0.39, 0.29) is 0 Å². The van der Waals surface area contributed by atoms with E-state index in [4.69, 9.17) is 0 Å². The highest BCUT2D eigenvalue weighted by molar-refractivity contribution is 6.78. The van der Waals surface area contributed by atoms with Crippen LogP contribution < -0.4 is 0 Å². The smallest absolute Gasteiger partial charge is 0.179 e. The van der Waals surface area contributed by atoms with Gasteiger partial charge in [-0.2, -0.15) is 0 Å². The van der Waals surface area contributed by atoms with E-state index in [0.717, 1.165) is 0 Å². The summed E-state index contributed by atoms with van der Waals surface area (Å²) in [6.45, 7) is 14.8. The molecule has 1 nitrogen and oxygen atoms in total. The lowest BCUT2D eigenvalue weighted by molar-refractivity contribution is 0.719. The van der Waals surface area contributed by atoms with Crippen LogP contribution in [0.25, 0.3) is 0 Å². The average molecular weight is 143 g/mol. The van der Waals surface area contributed by atoms with Crippen LogP contribution in [-0.4, -0.2) is 15.0 Å². The third kappa shape index (κ3) is 1.93. The Labute approximate surface area is 59.3 Å². The van der Waals surface area contributed by atoms with Gasteiger partial charge in [0.1, 0.15) is 0 Å². The summed E-state index contributed by atoms with van der Waals surface area (Å²) in [5.41, 5.74) is 0. The van der Waals surface area contributed by atoms with Gasteiger partial charge in [0, 0.05) is 0 Å². The molecule has 0 aliphatic rings. The van der Waals surface area contributed by atoms with Gasteiger partial charge in [0.15, 0.2) is 8.24 Å². The van der Waals surface area contributed by atoms with Crippen LogP contribution in [-0.2, 0) is 0 Å². The fraction of sp³-hybridized carbons (Fsp3) is 0.857. The Kier molecular flexibility index (Phi) is 2.22. The molecule has 0 N–H and O–H groups in total. The molecule has 0 rings (SSSR count). The molecule has 0 saturated carbocycles. The average Bonchev–Trinajstić information content (AvgIpc) is 1.64. The van der Waals surface area contributed by atoms with E-state index in [1.807, 2.05) is 0 Å². The molecule has 0 aromatic heterocycles. The highest BCUT2D eigenvalue weighted by Crippen LogP contribution is 2.35. The first-order valence-electron chi connectivity index (χ1n) is 3.29. The molecule has 0 atom stereocenters. The van der Waals surface area contributed by atoms with Crippen LogP contribution >= 0.6 is 0 Å². The predicted octanol–water partition coefficient (Wildman–Crippen LogP) is 2.69. The summed E-state index contributed by atoms with van der Waals surface area (Å²) >= 11 is 0. The molecular formula is C7H17NSi. The first-order chi connectivity index (χ1) is 3.81. The van der Waals surface area contributed by atoms with Crippen molar-refractivity contribution >= 4 is 15.0 Å². The van der Waals surface area contributed by atoms with Gasteiger partial charge in [0.05, 0.1) is 0 Å². The third-order valence-corrected chi connectivity index (χ3v) is 6.69. The Morgan fingerprint density at radius 3 is 1.56 bits per heavy atom. The van der Waals surface area contributed by atoms with E-state index in [2.05, 4.69) is 45.2 Å². The zero-order chi connectivity index (χ0) is 7.71. The number of hydrogen-bond acceptors (Lipinski definition) is 1. The third-order valence-electron chi connectivity index (χ3n) is 2.23. The highest BCUT2D eigenvalue weighted by atomic mass is 28.3. The molecule has 0 bridgehead atoms. The quantitative estimate of drug-likeness (QED) is 0.395. The normalized spacial score (nSPS) is 13.4. The molecule has 0 aliphatic heterocycles. The Bertz CT molecular complexity index is 111. The Balaban J connectivity index is 4.32. The van der Waals surface area contributed by atoms with Crippen LogP contribution in [0.4, 0.5) is 0 Å². The van der Waals surface area contributed by atoms with Crippen molar-refractivity contribution in [2.24, 2.45) is 4.66 Å². The maximum Gasteiger partial charge on any atom is 0.179 e. The lowest BCUT2D eigenvalue weighted by Gasteiger charge is -2.31. The maximum atomic E-state index is 4.18. The van der Waals surface area contributed by atoms with E-state index >= 15 is 0 Å². The summed E-state index contributed by atoms with van der Waals surface area (Å²) in [6, 6.07) is 0. The zero-order valence-corrected chi connectivity index (χ0v) is 8.15. The molecular weight excluding hydrogens is 126 g/mol. The van der Waals surface area contributed by atoms with Crippen molar-refractivity contribution in [1.29, 1.82) is 0 Å². The second-order valence-electron chi connectivity index (χ2n) is 3.97. The Morgan fingerprint density at radius 2 is 1.56 bits per heavy atom. The molecule has 0 spiro atoms.